The van der Waals surface area contributed by atoms with Crippen molar-refractivity contribution in [2.45, 2.75) is 20.3 Å². The molecule has 0 saturated heterocycles. The SMILES string of the molecule is Cc1c2ccncc2c(C)c2c1[nH]c1ccc(CC=N)cc12. The summed E-state index contributed by atoms with van der Waals surface area (Å²) in [5.41, 5.74) is 6.06. The van der Waals surface area contributed by atoms with Crippen LogP contribution < -0.4 is 0 Å². The van der Waals surface area contributed by atoms with Crippen LogP contribution in [-0.4, -0.2) is 16.2 Å². The van der Waals surface area contributed by atoms with E-state index in [0.717, 1.165) is 5.52 Å². The van der Waals surface area contributed by atoms with Crippen molar-refractivity contribution in [3.8, 4) is 0 Å². The van der Waals surface area contributed by atoms with Gasteiger partial charge in [0.2, 0.25) is 0 Å². The fourth-order valence-corrected chi connectivity index (χ4v) is 3.44. The van der Waals surface area contributed by atoms with E-state index in [0.29, 0.717) is 6.42 Å². The fourth-order valence-electron chi connectivity index (χ4n) is 3.44. The standard InChI is InChI=1S/C19H17N3/c1-11-16-10-21-8-6-14(16)12(2)19-18(11)15-9-13(5-7-20)3-4-17(15)22-19/h3-4,6-10,20,22H,5H2,1-2H3. The van der Waals surface area contributed by atoms with Crippen molar-refractivity contribution in [2.24, 2.45) is 0 Å². The van der Waals surface area contributed by atoms with Crippen molar-refractivity contribution in [3.63, 3.8) is 0 Å². The third kappa shape index (κ3) is 1.69. The molecule has 2 aromatic heterocycles. The van der Waals surface area contributed by atoms with Gasteiger partial charge in [-0.3, -0.25) is 4.98 Å². The van der Waals surface area contributed by atoms with Crippen LogP contribution in [0, 0.1) is 19.3 Å². The first-order valence-corrected chi connectivity index (χ1v) is 7.47. The molecular weight excluding hydrogens is 270 g/mol. The van der Waals surface area contributed by atoms with E-state index in [1.807, 2.05) is 12.4 Å². The number of aromatic nitrogens is 2. The van der Waals surface area contributed by atoms with Crippen LogP contribution in [-0.2, 0) is 6.42 Å². The summed E-state index contributed by atoms with van der Waals surface area (Å²) in [6, 6.07) is 8.50. The number of aryl methyl sites for hydroxylation is 2. The molecular formula is C19H17N3. The number of rotatable bonds is 2. The van der Waals surface area contributed by atoms with Crippen LogP contribution in [0.15, 0.2) is 36.7 Å². The number of hydrogen-bond donors (Lipinski definition) is 2. The summed E-state index contributed by atoms with van der Waals surface area (Å²) in [5, 5.41) is 12.3. The van der Waals surface area contributed by atoms with Crippen LogP contribution in [0.3, 0.4) is 0 Å². The topological polar surface area (TPSA) is 52.5 Å². The van der Waals surface area contributed by atoms with Gasteiger partial charge in [0.25, 0.3) is 0 Å². The smallest absolute Gasteiger partial charge is 0.0503 e. The third-order valence-electron chi connectivity index (χ3n) is 4.58. The highest BCUT2D eigenvalue weighted by atomic mass is 14.7. The second-order valence-corrected chi connectivity index (χ2v) is 5.83. The van der Waals surface area contributed by atoms with E-state index in [2.05, 4.69) is 48.1 Å². The summed E-state index contributed by atoms with van der Waals surface area (Å²) in [7, 11) is 0. The Labute approximate surface area is 128 Å². The first kappa shape index (κ1) is 13.0. The zero-order valence-electron chi connectivity index (χ0n) is 12.7. The lowest BCUT2D eigenvalue weighted by Crippen LogP contribution is -1.88. The molecule has 0 fully saturated rings. The minimum absolute atomic E-state index is 0.676. The maximum Gasteiger partial charge on any atom is 0.0503 e. The van der Waals surface area contributed by atoms with Gasteiger partial charge in [0.15, 0.2) is 0 Å². The summed E-state index contributed by atoms with van der Waals surface area (Å²) in [6.07, 6.45) is 5.94. The summed E-state index contributed by atoms with van der Waals surface area (Å²) in [5.74, 6) is 0. The van der Waals surface area contributed by atoms with Gasteiger partial charge in [0.1, 0.15) is 0 Å². The van der Waals surface area contributed by atoms with Crippen molar-refractivity contribution in [1.29, 1.82) is 5.41 Å². The average Bonchev–Trinajstić information content (AvgIpc) is 2.92. The molecule has 0 aliphatic heterocycles. The summed E-state index contributed by atoms with van der Waals surface area (Å²) in [6.45, 7) is 4.33. The van der Waals surface area contributed by atoms with Gasteiger partial charge in [-0.05, 0) is 60.3 Å². The molecule has 2 N–H and O–H groups in total. The quantitative estimate of drug-likeness (QED) is 0.517. The van der Waals surface area contributed by atoms with Crippen molar-refractivity contribution < 1.29 is 0 Å². The van der Waals surface area contributed by atoms with Crippen molar-refractivity contribution in [2.75, 3.05) is 0 Å². The van der Waals surface area contributed by atoms with E-state index in [1.165, 1.54) is 50.0 Å². The molecule has 4 aromatic rings. The molecule has 0 radical (unpaired) electrons. The third-order valence-corrected chi connectivity index (χ3v) is 4.58. The van der Waals surface area contributed by atoms with Crippen molar-refractivity contribution >= 4 is 38.8 Å². The Bertz CT molecular complexity index is 1040. The maximum absolute atomic E-state index is 7.32. The Hall–Kier alpha value is -2.68. The predicted octanol–water partition coefficient (Wildman–Crippen LogP) is 4.68. The lowest BCUT2D eigenvalue weighted by atomic mass is 9.96. The van der Waals surface area contributed by atoms with Gasteiger partial charge in [-0.15, -0.1) is 0 Å². The average molecular weight is 287 g/mol. The van der Waals surface area contributed by atoms with Gasteiger partial charge < -0.3 is 10.4 Å². The lowest BCUT2D eigenvalue weighted by Gasteiger charge is -2.08. The van der Waals surface area contributed by atoms with Crippen molar-refractivity contribution in [1.82, 2.24) is 9.97 Å². The van der Waals surface area contributed by atoms with E-state index < -0.39 is 0 Å². The number of aromatic amines is 1. The molecule has 3 heteroatoms. The number of fused-ring (bicyclic) bond motifs is 4. The normalized spacial score (nSPS) is 11.5. The number of H-pyrrole nitrogens is 1. The molecule has 0 amide bonds. The molecule has 0 saturated carbocycles. The molecule has 0 aliphatic rings. The minimum atomic E-state index is 0.676. The van der Waals surface area contributed by atoms with Crippen LogP contribution in [0.25, 0.3) is 32.6 Å². The van der Waals surface area contributed by atoms with E-state index in [1.54, 1.807) is 0 Å². The van der Waals surface area contributed by atoms with E-state index >= 15 is 0 Å². The molecule has 108 valence electrons. The highest BCUT2D eigenvalue weighted by Gasteiger charge is 2.14. The summed E-state index contributed by atoms with van der Waals surface area (Å²) in [4.78, 5) is 7.86. The molecule has 4 rings (SSSR count). The summed E-state index contributed by atoms with van der Waals surface area (Å²) < 4.78 is 0. The Balaban J connectivity index is 2.22. The highest BCUT2D eigenvalue weighted by Crippen LogP contribution is 2.36. The first-order valence-electron chi connectivity index (χ1n) is 7.47. The number of pyridine rings is 1. The van der Waals surface area contributed by atoms with Crippen LogP contribution >= 0.6 is 0 Å². The molecule has 0 atom stereocenters. The second-order valence-electron chi connectivity index (χ2n) is 5.83. The first-order chi connectivity index (χ1) is 10.7. The molecule has 2 aromatic carbocycles. The zero-order valence-corrected chi connectivity index (χ0v) is 12.7. The molecule has 0 spiro atoms. The van der Waals surface area contributed by atoms with Gasteiger partial charge >= 0.3 is 0 Å². The largest absolute Gasteiger partial charge is 0.354 e. The van der Waals surface area contributed by atoms with Gasteiger partial charge in [-0.1, -0.05) is 6.07 Å². The van der Waals surface area contributed by atoms with Gasteiger partial charge in [0, 0.05) is 40.5 Å². The fraction of sp³-hybridized carbons (Fsp3) is 0.158. The Kier molecular flexibility index (Phi) is 2.76. The lowest BCUT2D eigenvalue weighted by molar-refractivity contribution is 1.34. The molecule has 3 nitrogen and oxygen atoms in total. The second kappa shape index (κ2) is 4.67. The molecule has 0 unspecified atom stereocenters. The van der Waals surface area contributed by atoms with E-state index in [-0.39, 0.29) is 0 Å². The van der Waals surface area contributed by atoms with E-state index in [4.69, 9.17) is 5.41 Å². The summed E-state index contributed by atoms with van der Waals surface area (Å²) >= 11 is 0. The van der Waals surface area contributed by atoms with Gasteiger partial charge in [-0.2, -0.15) is 0 Å². The van der Waals surface area contributed by atoms with Crippen LogP contribution in [0.4, 0.5) is 0 Å². The Morgan fingerprint density at radius 3 is 2.77 bits per heavy atom. The van der Waals surface area contributed by atoms with Crippen molar-refractivity contribution in [3.05, 3.63) is 53.3 Å². The Morgan fingerprint density at radius 2 is 1.95 bits per heavy atom. The van der Waals surface area contributed by atoms with Gasteiger partial charge in [0.05, 0.1) is 5.52 Å². The van der Waals surface area contributed by atoms with Gasteiger partial charge in [-0.25, -0.2) is 0 Å². The maximum atomic E-state index is 7.32. The highest BCUT2D eigenvalue weighted by molar-refractivity contribution is 6.16. The monoisotopic (exact) mass is 287 g/mol. The molecule has 0 bridgehead atoms. The molecule has 22 heavy (non-hydrogen) atoms. The van der Waals surface area contributed by atoms with Crippen LogP contribution in [0.2, 0.25) is 0 Å². The molecule has 0 aliphatic carbocycles. The number of benzene rings is 2. The number of hydrogen-bond acceptors (Lipinski definition) is 2. The Morgan fingerprint density at radius 1 is 1.09 bits per heavy atom. The minimum Gasteiger partial charge on any atom is -0.354 e. The predicted molar refractivity (Wildman–Crippen MR) is 93.1 cm³/mol. The zero-order chi connectivity index (χ0) is 15.3. The molecule has 2 heterocycles. The van der Waals surface area contributed by atoms with E-state index in [9.17, 15) is 0 Å². The number of nitrogens with zero attached hydrogens (tertiary/aromatic N) is 1. The van der Waals surface area contributed by atoms with Crippen LogP contribution in [0.5, 0.6) is 0 Å². The number of nitrogens with one attached hydrogen (secondary N) is 2. The van der Waals surface area contributed by atoms with Crippen LogP contribution in [0.1, 0.15) is 16.7 Å².